The summed E-state index contributed by atoms with van der Waals surface area (Å²) in [5.41, 5.74) is -0.306. The second-order valence-electron chi connectivity index (χ2n) is 4.65. The number of hydrogen-bond donors (Lipinski definition) is 2. The standard InChI is InChI=1S/C13H19N3O3/c1-4-13(2,11(17)18)9-15-12(19)16(3)10-6-5-7-14-8-10/h5-8H,4,9H2,1-3H3,(H,15,19)(H,17,18). The lowest BCUT2D eigenvalue weighted by atomic mass is 9.88. The summed E-state index contributed by atoms with van der Waals surface area (Å²) in [6, 6.07) is 3.13. The van der Waals surface area contributed by atoms with Crippen molar-refractivity contribution in [3.05, 3.63) is 24.5 Å². The van der Waals surface area contributed by atoms with Crippen molar-refractivity contribution in [3.8, 4) is 0 Å². The number of nitrogens with one attached hydrogen (secondary N) is 1. The Morgan fingerprint density at radius 1 is 1.53 bits per heavy atom. The fourth-order valence-corrected chi connectivity index (χ4v) is 1.41. The molecule has 1 heterocycles. The summed E-state index contributed by atoms with van der Waals surface area (Å²) in [4.78, 5) is 28.4. The molecule has 2 amide bonds. The molecular formula is C13H19N3O3. The Labute approximate surface area is 112 Å². The number of carbonyl (C=O) groups excluding carboxylic acids is 1. The zero-order valence-electron chi connectivity index (χ0n) is 11.4. The van der Waals surface area contributed by atoms with Gasteiger partial charge >= 0.3 is 12.0 Å². The molecule has 6 nitrogen and oxygen atoms in total. The van der Waals surface area contributed by atoms with Gasteiger partial charge in [0.1, 0.15) is 0 Å². The molecule has 1 atom stereocenters. The summed E-state index contributed by atoms with van der Waals surface area (Å²) < 4.78 is 0. The van der Waals surface area contributed by atoms with E-state index in [4.69, 9.17) is 5.11 Å². The number of amides is 2. The lowest BCUT2D eigenvalue weighted by molar-refractivity contribution is -0.147. The number of anilines is 1. The van der Waals surface area contributed by atoms with Gasteiger partial charge in [-0.25, -0.2) is 4.79 Å². The van der Waals surface area contributed by atoms with Gasteiger partial charge < -0.3 is 10.4 Å². The average molecular weight is 265 g/mol. The van der Waals surface area contributed by atoms with Crippen molar-refractivity contribution in [2.75, 3.05) is 18.5 Å². The van der Waals surface area contributed by atoms with E-state index in [1.807, 2.05) is 0 Å². The van der Waals surface area contributed by atoms with Crippen LogP contribution in [0.5, 0.6) is 0 Å². The maximum Gasteiger partial charge on any atom is 0.321 e. The SMILES string of the molecule is CCC(C)(CNC(=O)N(C)c1cccnc1)C(=O)O. The van der Waals surface area contributed by atoms with Crippen LogP contribution in [0.4, 0.5) is 10.5 Å². The van der Waals surface area contributed by atoms with E-state index in [1.165, 1.54) is 4.90 Å². The molecule has 2 N–H and O–H groups in total. The van der Waals surface area contributed by atoms with E-state index in [-0.39, 0.29) is 12.6 Å². The molecule has 0 aliphatic rings. The molecule has 0 fully saturated rings. The minimum absolute atomic E-state index is 0.0856. The molecule has 1 aromatic heterocycles. The molecule has 1 aromatic rings. The van der Waals surface area contributed by atoms with Crippen LogP contribution in [0.3, 0.4) is 0 Å². The van der Waals surface area contributed by atoms with Gasteiger partial charge in [0.25, 0.3) is 0 Å². The summed E-state index contributed by atoms with van der Waals surface area (Å²) in [6.07, 6.45) is 3.63. The summed E-state index contributed by atoms with van der Waals surface area (Å²) >= 11 is 0. The van der Waals surface area contributed by atoms with E-state index in [1.54, 1.807) is 45.4 Å². The van der Waals surface area contributed by atoms with Gasteiger partial charge in [0.05, 0.1) is 17.3 Å². The molecule has 6 heteroatoms. The van der Waals surface area contributed by atoms with Crippen LogP contribution in [0.25, 0.3) is 0 Å². The predicted octanol–water partition coefficient (Wildman–Crippen LogP) is 1.73. The first-order chi connectivity index (χ1) is 8.90. The van der Waals surface area contributed by atoms with Crippen molar-refractivity contribution in [3.63, 3.8) is 0 Å². The van der Waals surface area contributed by atoms with Crippen molar-refractivity contribution >= 4 is 17.7 Å². The molecule has 0 saturated carbocycles. The fourth-order valence-electron chi connectivity index (χ4n) is 1.41. The topological polar surface area (TPSA) is 82.5 Å². The maximum atomic E-state index is 11.9. The number of aromatic nitrogens is 1. The van der Waals surface area contributed by atoms with Gasteiger partial charge in [0.2, 0.25) is 0 Å². The highest BCUT2D eigenvalue weighted by atomic mass is 16.4. The van der Waals surface area contributed by atoms with Crippen molar-refractivity contribution < 1.29 is 14.7 Å². The highest BCUT2D eigenvalue weighted by molar-refractivity contribution is 5.91. The number of nitrogens with zero attached hydrogens (tertiary/aromatic N) is 2. The third-order valence-corrected chi connectivity index (χ3v) is 3.26. The highest BCUT2D eigenvalue weighted by Crippen LogP contribution is 2.20. The Hall–Kier alpha value is -2.11. The number of carbonyl (C=O) groups is 2. The number of hydrogen-bond acceptors (Lipinski definition) is 3. The second kappa shape index (κ2) is 6.17. The smallest absolute Gasteiger partial charge is 0.321 e. The Balaban J connectivity index is 2.63. The largest absolute Gasteiger partial charge is 0.481 e. The van der Waals surface area contributed by atoms with Gasteiger partial charge in [0, 0.05) is 19.8 Å². The zero-order chi connectivity index (χ0) is 14.5. The molecule has 0 aliphatic carbocycles. The maximum absolute atomic E-state index is 11.9. The molecule has 0 aromatic carbocycles. The Kier molecular flexibility index (Phi) is 4.86. The van der Waals surface area contributed by atoms with Crippen molar-refractivity contribution in [1.82, 2.24) is 10.3 Å². The van der Waals surface area contributed by atoms with Gasteiger partial charge in [-0.3, -0.25) is 14.7 Å². The third-order valence-electron chi connectivity index (χ3n) is 3.26. The third kappa shape index (κ3) is 3.67. The second-order valence-corrected chi connectivity index (χ2v) is 4.65. The number of aliphatic carboxylic acids is 1. The number of carboxylic acid groups (broad SMARTS) is 1. The molecule has 1 rings (SSSR count). The van der Waals surface area contributed by atoms with E-state index < -0.39 is 11.4 Å². The van der Waals surface area contributed by atoms with E-state index in [9.17, 15) is 9.59 Å². The first-order valence-corrected chi connectivity index (χ1v) is 6.05. The molecule has 19 heavy (non-hydrogen) atoms. The van der Waals surface area contributed by atoms with E-state index >= 15 is 0 Å². The van der Waals surface area contributed by atoms with Crippen LogP contribution in [0.1, 0.15) is 20.3 Å². The van der Waals surface area contributed by atoms with Gasteiger partial charge in [-0.1, -0.05) is 6.92 Å². The van der Waals surface area contributed by atoms with Crippen molar-refractivity contribution in [1.29, 1.82) is 0 Å². The number of carboxylic acids is 1. The van der Waals surface area contributed by atoms with Crippen LogP contribution >= 0.6 is 0 Å². The number of rotatable bonds is 5. The van der Waals surface area contributed by atoms with E-state index in [0.717, 1.165) is 0 Å². The Bertz CT molecular complexity index is 450. The molecular weight excluding hydrogens is 246 g/mol. The molecule has 0 radical (unpaired) electrons. The minimum Gasteiger partial charge on any atom is -0.481 e. The Morgan fingerprint density at radius 3 is 2.68 bits per heavy atom. The highest BCUT2D eigenvalue weighted by Gasteiger charge is 2.31. The van der Waals surface area contributed by atoms with Gasteiger partial charge in [0.15, 0.2) is 0 Å². The van der Waals surface area contributed by atoms with Crippen LogP contribution in [-0.2, 0) is 4.79 Å². The van der Waals surface area contributed by atoms with Crippen molar-refractivity contribution in [2.24, 2.45) is 5.41 Å². The molecule has 104 valence electrons. The molecule has 1 unspecified atom stereocenters. The Morgan fingerprint density at radius 2 is 2.21 bits per heavy atom. The number of pyridine rings is 1. The first-order valence-electron chi connectivity index (χ1n) is 6.05. The molecule has 0 spiro atoms. The summed E-state index contributed by atoms with van der Waals surface area (Å²) in [5.74, 6) is -0.917. The van der Waals surface area contributed by atoms with Crippen LogP contribution < -0.4 is 10.2 Å². The zero-order valence-corrected chi connectivity index (χ0v) is 11.4. The van der Waals surface area contributed by atoms with Crippen LogP contribution in [0.2, 0.25) is 0 Å². The van der Waals surface area contributed by atoms with Crippen LogP contribution in [0, 0.1) is 5.41 Å². The normalized spacial score (nSPS) is 13.4. The van der Waals surface area contributed by atoms with Gasteiger partial charge in [-0.05, 0) is 25.5 Å². The lowest BCUT2D eigenvalue weighted by Gasteiger charge is -2.25. The van der Waals surface area contributed by atoms with Crippen LogP contribution in [0.15, 0.2) is 24.5 Å². The molecule has 0 aliphatic heterocycles. The number of urea groups is 1. The van der Waals surface area contributed by atoms with Gasteiger partial charge in [-0.15, -0.1) is 0 Å². The predicted molar refractivity (Wildman–Crippen MR) is 72.1 cm³/mol. The monoisotopic (exact) mass is 265 g/mol. The first kappa shape index (κ1) is 14.9. The van der Waals surface area contributed by atoms with E-state index in [0.29, 0.717) is 12.1 Å². The quantitative estimate of drug-likeness (QED) is 0.849. The molecule has 0 bridgehead atoms. The average Bonchev–Trinajstić information content (AvgIpc) is 2.44. The fraction of sp³-hybridized carbons (Fsp3) is 0.462. The van der Waals surface area contributed by atoms with Crippen LogP contribution in [-0.4, -0.2) is 35.7 Å². The van der Waals surface area contributed by atoms with E-state index in [2.05, 4.69) is 10.3 Å². The summed E-state index contributed by atoms with van der Waals surface area (Å²) in [5, 5.41) is 11.8. The minimum atomic E-state index is -0.953. The summed E-state index contributed by atoms with van der Waals surface area (Å²) in [7, 11) is 1.61. The van der Waals surface area contributed by atoms with Gasteiger partial charge in [-0.2, -0.15) is 0 Å². The van der Waals surface area contributed by atoms with Crippen molar-refractivity contribution in [2.45, 2.75) is 20.3 Å². The lowest BCUT2D eigenvalue weighted by Crippen LogP contribution is -2.45. The summed E-state index contributed by atoms with van der Waals surface area (Å²) in [6.45, 7) is 3.48. The molecule has 0 saturated heterocycles.